The second-order valence-corrected chi connectivity index (χ2v) is 7.07. The van der Waals surface area contributed by atoms with Crippen molar-refractivity contribution >= 4 is 22.8 Å². The van der Waals surface area contributed by atoms with Crippen LogP contribution >= 0.6 is 0 Å². The van der Waals surface area contributed by atoms with Gasteiger partial charge in [0, 0.05) is 43.4 Å². The molecule has 3 heterocycles. The van der Waals surface area contributed by atoms with E-state index in [9.17, 15) is 26.7 Å². The van der Waals surface area contributed by atoms with E-state index in [1.807, 2.05) is 0 Å². The number of nitrogens with one attached hydrogen (secondary N) is 3. The number of H-pyrrole nitrogens is 1. The molecule has 32 heavy (non-hydrogen) atoms. The number of aromatic amines is 1. The highest BCUT2D eigenvalue weighted by atomic mass is 19.4. The fraction of sp³-hybridized carbons (Fsp3) is 0.300. The molecule has 2 amide bonds. The van der Waals surface area contributed by atoms with Gasteiger partial charge in [0.25, 0.3) is 0 Å². The van der Waals surface area contributed by atoms with Crippen molar-refractivity contribution in [1.29, 1.82) is 0 Å². The van der Waals surface area contributed by atoms with Gasteiger partial charge in [-0.25, -0.2) is 18.6 Å². The fourth-order valence-corrected chi connectivity index (χ4v) is 3.36. The standard InChI is InChI=1S/C20H17F5N4O3/c21-13-6-10(29-19(30)28-8-11-2-1-5-31-11)7-14(22)17(13)32-15-3-4-26-18-16(15)12(9-27-18)20(23,24)25/h3-4,6-7,9,11H,1-2,5,8H2,(H,26,27)(H2,28,29,30). The van der Waals surface area contributed by atoms with E-state index in [4.69, 9.17) is 9.47 Å². The zero-order valence-corrected chi connectivity index (χ0v) is 16.4. The van der Waals surface area contributed by atoms with Crippen molar-refractivity contribution in [1.82, 2.24) is 15.3 Å². The number of rotatable bonds is 5. The van der Waals surface area contributed by atoms with Gasteiger partial charge in [-0.3, -0.25) is 0 Å². The fourth-order valence-electron chi connectivity index (χ4n) is 3.36. The Hall–Kier alpha value is -3.41. The van der Waals surface area contributed by atoms with Crippen molar-refractivity contribution < 1.29 is 36.2 Å². The third kappa shape index (κ3) is 4.59. The molecule has 170 valence electrons. The number of anilines is 1. The predicted octanol–water partition coefficient (Wildman–Crippen LogP) is 4.95. The molecule has 0 radical (unpaired) electrons. The van der Waals surface area contributed by atoms with E-state index in [2.05, 4.69) is 20.6 Å². The number of benzene rings is 1. The molecule has 12 heteroatoms. The van der Waals surface area contributed by atoms with Gasteiger partial charge >= 0.3 is 12.2 Å². The van der Waals surface area contributed by atoms with Gasteiger partial charge in [-0.15, -0.1) is 0 Å². The molecule has 3 N–H and O–H groups in total. The molecular formula is C20H17F5N4O3. The highest BCUT2D eigenvalue weighted by Gasteiger charge is 2.35. The van der Waals surface area contributed by atoms with Crippen LogP contribution in [0.4, 0.5) is 32.4 Å². The number of amides is 2. The molecular weight excluding hydrogens is 439 g/mol. The lowest BCUT2D eigenvalue weighted by atomic mass is 10.2. The minimum atomic E-state index is -4.73. The lowest BCUT2D eigenvalue weighted by Gasteiger charge is -2.14. The monoisotopic (exact) mass is 456 g/mol. The Morgan fingerprint density at radius 3 is 2.69 bits per heavy atom. The van der Waals surface area contributed by atoms with Crippen LogP contribution in [0.25, 0.3) is 11.0 Å². The quantitative estimate of drug-likeness (QED) is 0.474. The van der Waals surface area contributed by atoms with E-state index in [0.717, 1.165) is 37.2 Å². The van der Waals surface area contributed by atoms with Crippen LogP contribution in [0.1, 0.15) is 18.4 Å². The highest BCUT2D eigenvalue weighted by Crippen LogP contribution is 2.40. The number of carbonyl (C=O) groups excluding carboxylic acids is 1. The summed E-state index contributed by atoms with van der Waals surface area (Å²) >= 11 is 0. The minimum absolute atomic E-state index is 0.114. The first-order valence-corrected chi connectivity index (χ1v) is 9.59. The number of alkyl halides is 3. The summed E-state index contributed by atoms with van der Waals surface area (Å²) in [5.74, 6) is -3.78. The molecule has 4 rings (SSSR count). The van der Waals surface area contributed by atoms with Crippen LogP contribution < -0.4 is 15.4 Å². The number of ether oxygens (including phenoxy) is 2. The molecule has 1 aliphatic rings. The molecule has 0 spiro atoms. The summed E-state index contributed by atoms with van der Waals surface area (Å²) in [6.45, 7) is 0.858. The molecule has 3 aromatic rings. The molecule has 1 aliphatic heterocycles. The molecule has 0 bridgehead atoms. The first kappa shape index (κ1) is 21.8. The molecule has 1 atom stereocenters. The van der Waals surface area contributed by atoms with Crippen LogP contribution in [0.5, 0.6) is 11.5 Å². The maximum absolute atomic E-state index is 14.5. The van der Waals surface area contributed by atoms with Crippen molar-refractivity contribution in [3.8, 4) is 11.5 Å². The lowest BCUT2D eigenvalue weighted by Crippen LogP contribution is -2.35. The van der Waals surface area contributed by atoms with Crippen molar-refractivity contribution in [2.24, 2.45) is 0 Å². The second kappa shape index (κ2) is 8.61. The molecule has 1 aromatic carbocycles. The molecule has 1 fully saturated rings. The van der Waals surface area contributed by atoms with E-state index in [0.29, 0.717) is 12.8 Å². The second-order valence-electron chi connectivity index (χ2n) is 7.07. The maximum atomic E-state index is 14.5. The van der Waals surface area contributed by atoms with Crippen molar-refractivity contribution in [2.75, 3.05) is 18.5 Å². The summed E-state index contributed by atoms with van der Waals surface area (Å²) in [5.41, 5.74) is -1.44. The van der Waals surface area contributed by atoms with Crippen LogP contribution in [-0.4, -0.2) is 35.3 Å². The number of hydrogen-bond donors (Lipinski definition) is 3. The normalized spacial score (nSPS) is 16.3. The summed E-state index contributed by atoms with van der Waals surface area (Å²) in [5, 5.41) is 4.36. The Morgan fingerprint density at radius 1 is 1.28 bits per heavy atom. The van der Waals surface area contributed by atoms with E-state index in [1.165, 1.54) is 0 Å². The maximum Gasteiger partial charge on any atom is 0.418 e. The summed E-state index contributed by atoms with van der Waals surface area (Å²) < 4.78 is 79.4. The number of urea groups is 1. The van der Waals surface area contributed by atoms with E-state index in [-0.39, 0.29) is 24.0 Å². The number of fused-ring (bicyclic) bond motifs is 1. The third-order valence-corrected chi connectivity index (χ3v) is 4.82. The zero-order valence-electron chi connectivity index (χ0n) is 16.4. The Kier molecular flexibility index (Phi) is 5.87. The topological polar surface area (TPSA) is 88.3 Å². The van der Waals surface area contributed by atoms with Gasteiger partial charge in [0.05, 0.1) is 17.1 Å². The number of aromatic nitrogens is 2. The van der Waals surface area contributed by atoms with Gasteiger partial charge in [0.2, 0.25) is 0 Å². The van der Waals surface area contributed by atoms with Crippen LogP contribution in [0.15, 0.2) is 30.6 Å². The van der Waals surface area contributed by atoms with E-state index in [1.54, 1.807) is 0 Å². The van der Waals surface area contributed by atoms with Gasteiger partial charge in [0.15, 0.2) is 17.4 Å². The van der Waals surface area contributed by atoms with Gasteiger partial charge in [-0.2, -0.15) is 13.2 Å². The lowest BCUT2D eigenvalue weighted by molar-refractivity contribution is -0.136. The summed E-state index contributed by atoms with van der Waals surface area (Å²) in [6.07, 6.45) is -1.33. The number of halogens is 5. The highest BCUT2D eigenvalue weighted by molar-refractivity contribution is 5.89. The van der Waals surface area contributed by atoms with Crippen molar-refractivity contribution in [2.45, 2.75) is 25.1 Å². The molecule has 0 aliphatic carbocycles. The molecule has 1 unspecified atom stereocenters. The summed E-state index contributed by atoms with van der Waals surface area (Å²) in [7, 11) is 0. The molecule has 2 aromatic heterocycles. The van der Waals surface area contributed by atoms with Gasteiger partial charge in [-0.05, 0) is 18.9 Å². The molecule has 0 saturated carbocycles. The number of nitrogens with zero attached hydrogens (tertiary/aromatic N) is 1. The number of carbonyl (C=O) groups is 1. The molecule has 1 saturated heterocycles. The first-order chi connectivity index (χ1) is 15.2. The van der Waals surface area contributed by atoms with E-state index < -0.39 is 46.3 Å². The Labute approximate surface area is 177 Å². The van der Waals surface area contributed by atoms with Crippen LogP contribution in [0.2, 0.25) is 0 Å². The predicted molar refractivity (Wildman–Crippen MR) is 104 cm³/mol. The zero-order chi connectivity index (χ0) is 22.9. The average Bonchev–Trinajstić information content (AvgIpc) is 3.39. The Morgan fingerprint density at radius 2 is 2.03 bits per heavy atom. The van der Waals surface area contributed by atoms with Gasteiger partial charge < -0.3 is 25.1 Å². The SMILES string of the molecule is O=C(NCC1CCCO1)Nc1cc(F)c(Oc2ccnc3[nH]cc(C(F)(F)F)c23)c(F)c1. The van der Waals surface area contributed by atoms with Gasteiger partial charge in [0.1, 0.15) is 11.4 Å². The van der Waals surface area contributed by atoms with Gasteiger partial charge in [-0.1, -0.05) is 0 Å². The number of pyridine rings is 1. The number of hydrogen-bond acceptors (Lipinski definition) is 4. The van der Waals surface area contributed by atoms with E-state index >= 15 is 0 Å². The molecule has 7 nitrogen and oxygen atoms in total. The van der Waals surface area contributed by atoms with Crippen LogP contribution in [-0.2, 0) is 10.9 Å². The van der Waals surface area contributed by atoms with Crippen LogP contribution in [0, 0.1) is 11.6 Å². The Bertz CT molecular complexity index is 1120. The third-order valence-electron chi connectivity index (χ3n) is 4.82. The summed E-state index contributed by atoms with van der Waals surface area (Å²) in [6, 6.07) is 1.97. The smallest absolute Gasteiger partial charge is 0.418 e. The first-order valence-electron chi connectivity index (χ1n) is 9.59. The Balaban J connectivity index is 1.53. The minimum Gasteiger partial charge on any atom is -0.450 e. The largest absolute Gasteiger partial charge is 0.450 e. The summed E-state index contributed by atoms with van der Waals surface area (Å²) in [4.78, 5) is 18.1. The van der Waals surface area contributed by atoms with Crippen LogP contribution in [0.3, 0.4) is 0 Å². The van der Waals surface area contributed by atoms with Crippen molar-refractivity contribution in [3.05, 3.63) is 47.8 Å². The van der Waals surface area contributed by atoms with Crippen molar-refractivity contribution in [3.63, 3.8) is 0 Å². The average molecular weight is 456 g/mol.